The van der Waals surface area contributed by atoms with E-state index in [1.807, 2.05) is 54.6 Å². The third-order valence-corrected chi connectivity index (χ3v) is 7.35. The smallest absolute Gasteiger partial charge is 0.308 e. The van der Waals surface area contributed by atoms with Gasteiger partial charge in [-0.3, -0.25) is 14.5 Å². The highest BCUT2D eigenvalue weighted by molar-refractivity contribution is 5.99. The lowest BCUT2D eigenvalue weighted by molar-refractivity contribution is -0.148. The van der Waals surface area contributed by atoms with Crippen LogP contribution in [0.15, 0.2) is 66.7 Å². The molecule has 220 valence electrons. The summed E-state index contributed by atoms with van der Waals surface area (Å²) in [6, 6.07) is 21.5. The molecule has 2 aliphatic rings. The zero-order valence-corrected chi connectivity index (χ0v) is 24.4. The number of benzene rings is 3. The Morgan fingerprint density at radius 2 is 1.43 bits per heavy atom. The Labute approximate surface area is 246 Å². The maximum atomic E-state index is 11.7. The molecule has 0 amide bonds. The molecule has 2 aliphatic heterocycles. The number of hydrogen-bond donors (Lipinski definition) is 0. The summed E-state index contributed by atoms with van der Waals surface area (Å²) in [5.41, 5.74) is 5.19. The number of ether oxygens (including phenoxy) is 5. The summed E-state index contributed by atoms with van der Waals surface area (Å²) in [4.78, 5) is 25.5. The fourth-order valence-electron chi connectivity index (χ4n) is 5.50. The highest BCUT2D eigenvalue weighted by Crippen LogP contribution is 2.40. The Kier molecular flexibility index (Phi) is 9.44. The van der Waals surface area contributed by atoms with Crippen molar-refractivity contribution in [1.29, 1.82) is 0 Å². The standard InChI is InChI=1S/C34H37NO7/c1-4-31(27-11-16-32-33(19-27)40-22-39-32)34(26-9-14-29(15-10-26)41-23(2)36)25-7-12-28(13-8-25)38-21-30(42-24(3)37)20-35-17-5-6-18-35/h7-16,19,30H,4-6,17-18,20-22H2,1-3H3/b34-31+. The minimum Gasteiger partial charge on any atom is -0.490 e. The average molecular weight is 572 g/mol. The maximum absolute atomic E-state index is 11.7. The predicted molar refractivity (Wildman–Crippen MR) is 160 cm³/mol. The van der Waals surface area contributed by atoms with Crippen LogP contribution in [0.4, 0.5) is 0 Å². The Hall–Kier alpha value is -4.30. The molecule has 3 aromatic carbocycles. The van der Waals surface area contributed by atoms with Crippen molar-refractivity contribution in [3.05, 3.63) is 83.4 Å². The van der Waals surface area contributed by atoms with E-state index in [-0.39, 0.29) is 31.4 Å². The van der Waals surface area contributed by atoms with Gasteiger partial charge in [-0.1, -0.05) is 37.3 Å². The van der Waals surface area contributed by atoms with Crippen molar-refractivity contribution in [3.8, 4) is 23.0 Å². The molecule has 0 aliphatic carbocycles. The minimum atomic E-state index is -0.361. The molecule has 1 atom stereocenters. The number of carbonyl (C=O) groups is 2. The molecular formula is C34H37NO7. The summed E-state index contributed by atoms with van der Waals surface area (Å²) in [6.07, 6.45) is 2.77. The minimum absolute atomic E-state index is 0.215. The van der Waals surface area contributed by atoms with E-state index in [4.69, 9.17) is 23.7 Å². The zero-order valence-electron chi connectivity index (χ0n) is 24.4. The second-order valence-electron chi connectivity index (χ2n) is 10.5. The topological polar surface area (TPSA) is 83.5 Å². The SMILES string of the molecule is CC/C(=C(/c1ccc(OCC(CN2CCCC2)OC(C)=O)cc1)c1ccc(OC(C)=O)cc1)c1ccc2c(c1)OCO2. The lowest BCUT2D eigenvalue weighted by Crippen LogP contribution is -2.36. The van der Waals surface area contributed by atoms with E-state index in [1.54, 1.807) is 12.1 Å². The molecule has 42 heavy (non-hydrogen) atoms. The third-order valence-electron chi connectivity index (χ3n) is 7.35. The molecule has 5 rings (SSSR count). The quantitative estimate of drug-likeness (QED) is 0.155. The molecular weight excluding hydrogens is 534 g/mol. The first-order valence-corrected chi connectivity index (χ1v) is 14.4. The first kappa shape index (κ1) is 29.2. The summed E-state index contributed by atoms with van der Waals surface area (Å²) < 4.78 is 28.1. The normalized spacial score (nSPS) is 15.6. The molecule has 1 saturated heterocycles. The number of nitrogens with zero attached hydrogens (tertiary/aromatic N) is 1. The molecule has 8 heteroatoms. The van der Waals surface area contributed by atoms with E-state index in [0.29, 0.717) is 18.0 Å². The molecule has 1 unspecified atom stereocenters. The van der Waals surface area contributed by atoms with Gasteiger partial charge in [0.05, 0.1) is 0 Å². The largest absolute Gasteiger partial charge is 0.490 e. The zero-order chi connectivity index (χ0) is 29.5. The van der Waals surface area contributed by atoms with Crippen LogP contribution in [0.25, 0.3) is 11.1 Å². The summed E-state index contributed by atoms with van der Waals surface area (Å²) in [5.74, 6) is 1.99. The molecule has 1 fully saturated rings. The van der Waals surface area contributed by atoms with E-state index in [1.165, 1.54) is 26.7 Å². The molecule has 0 spiro atoms. The first-order chi connectivity index (χ1) is 20.4. The Morgan fingerprint density at radius 1 is 0.810 bits per heavy atom. The second kappa shape index (κ2) is 13.6. The monoisotopic (exact) mass is 571 g/mol. The van der Waals surface area contributed by atoms with Crippen molar-refractivity contribution in [3.63, 3.8) is 0 Å². The van der Waals surface area contributed by atoms with Gasteiger partial charge in [0.25, 0.3) is 0 Å². The van der Waals surface area contributed by atoms with Crippen LogP contribution in [0.3, 0.4) is 0 Å². The molecule has 8 nitrogen and oxygen atoms in total. The van der Waals surface area contributed by atoms with Crippen molar-refractivity contribution in [2.24, 2.45) is 0 Å². The molecule has 0 N–H and O–H groups in total. The number of carbonyl (C=O) groups excluding carboxylic acids is 2. The second-order valence-corrected chi connectivity index (χ2v) is 10.5. The third kappa shape index (κ3) is 7.31. The molecule has 3 aromatic rings. The van der Waals surface area contributed by atoms with Crippen LogP contribution in [-0.4, -0.2) is 56.0 Å². The Morgan fingerprint density at radius 3 is 2.05 bits per heavy atom. The van der Waals surface area contributed by atoms with Gasteiger partial charge in [-0.25, -0.2) is 0 Å². The lowest BCUT2D eigenvalue weighted by atomic mass is 9.88. The fraction of sp³-hybridized carbons (Fsp3) is 0.353. The number of hydrogen-bond acceptors (Lipinski definition) is 8. The van der Waals surface area contributed by atoms with Crippen LogP contribution in [0.2, 0.25) is 0 Å². The number of allylic oxidation sites excluding steroid dienone is 1. The van der Waals surface area contributed by atoms with E-state index < -0.39 is 0 Å². The van der Waals surface area contributed by atoms with Gasteiger partial charge in [-0.05, 0) is 96.6 Å². The number of likely N-dealkylation sites (tertiary alicyclic amines) is 1. The van der Waals surface area contributed by atoms with Crippen LogP contribution in [0.1, 0.15) is 56.7 Å². The van der Waals surface area contributed by atoms with Gasteiger partial charge >= 0.3 is 11.9 Å². The molecule has 0 bridgehead atoms. The fourth-order valence-corrected chi connectivity index (χ4v) is 5.50. The van der Waals surface area contributed by atoms with Crippen molar-refractivity contribution >= 4 is 23.1 Å². The predicted octanol–water partition coefficient (Wildman–Crippen LogP) is 6.12. The van der Waals surface area contributed by atoms with Crippen LogP contribution in [-0.2, 0) is 14.3 Å². The van der Waals surface area contributed by atoms with Crippen LogP contribution >= 0.6 is 0 Å². The number of fused-ring (bicyclic) bond motifs is 1. The number of esters is 2. The van der Waals surface area contributed by atoms with Crippen molar-refractivity contribution < 1.29 is 33.3 Å². The van der Waals surface area contributed by atoms with Crippen LogP contribution in [0, 0.1) is 0 Å². The molecule has 0 saturated carbocycles. The maximum Gasteiger partial charge on any atom is 0.308 e. The molecule has 2 heterocycles. The van der Waals surface area contributed by atoms with Crippen molar-refractivity contribution in [2.45, 2.75) is 46.1 Å². The summed E-state index contributed by atoms with van der Waals surface area (Å²) in [6.45, 7) is 8.16. The van der Waals surface area contributed by atoms with Gasteiger partial charge in [0.15, 0.2) is 11.5 Å². The average Bonchev–Trinajstić information content (AvgIpc) is 3.67. The van der Waals surface area contributed by atoms with Crippen molar-refractivity contribution in [1.82, 2.24) is 4.90 Å². The van der Waals surface area contributed by atoms with Crippen molar-refractivity contribution in [2.75, 3.05) is 33.0 Å². The van der Waals surface area contributed by atoms with Gasteiger partial charge < -0.3 is 23.7 Å². The summed E-state index contributed by atoms with van der Waals surface area (Å²) in [5, 5.41) is 0. The summed E-state index contributed by atoms with van der Waals surface area (Å²) in [7, 11) is 0. The molecule has 0 aromatic heterocycles. The highest BCUT2D eigenvalue weighted by Gasteiger charge is 2.21. The van der Waals surface area contributed by atoms with Crippen LogP contribution < -0.4 is 18.9 Å². The lowest BCUT2D eigenvalue weighted by Gasteiger charge is -2.23. The molecule has 0 radical (unpaired) electrons. The van der Waals surface area contributed by atoms with E-state index >= 15 is 0 Å². The van der Waals surface area contributed by atoms with E-state index in [9.17, 15) is 9.59 Å². The van der Waals surface area contributed by atoms with E-state index in [0.717, 1.165) is 58.8 Å². The first-order valence-electron chi connectivity index (χ1n) is 14.4. The Balaban J connectivity index is 1.43. The van der Waals surface area contributed by atoms with Crippen LogP contribution in [0.5, 0.6) is 23.0 Å². The van der Waals surface area contributed by atoms with E-state index in [2.05, 4.69) is 11.8 Å². The highest BCUT2D eigenvalue weighted by atomic mass is 16.7. The van der Waals surface area contributed by atoms with Gasteiger partial charge in [-0.15, -0.1) is 0 Å². The Bertz CT molecular complexity index is 1420. The van der Waals surface area contributed by atoms with Gasteiger partial charge in [0, 0.05) is 20.4 Å². The van der Waals surface area contributed by atoms with Gasteiger partial charge in [0.1, 0.15) is 24.2 Å². The number of rotatable bonds is 11. The summed E-state index contributed by atoms with van der Waals surface area (Å²) >= 11 is 0. The van der Waals surface area contributed by atoms with Gasteiger partial charge in [0.2, 0.25) is 6.79 Å². The van der Waals surface area contributed by atoms with Gasteiger partial charge in [-0.2, -0.15) is 0 Å².